The molecule has 0 unspecified atom stereocenters. The fourth-order valence-electron chi connectivity index (χ4n) is 3.26. The van der Waals surface area contributed by atoms with Gasteiger partial charge >= 0.3 is 5.97 Å². The molecule has 9 nitrogen and oxygen atoms in total. The van der Waals surface area contributed by atoms with Crippen LogP contribution in [0.15, 0.2) is 5.16 Å². The third kappa shape index (κ3) is 7.68. The molecule has 0 atom stereocenters. The average Bonchev–Trinajstić information content (AvgIpc) is 3.12. The van der Waals surface area contributed by atoms with E-state index in [1.54, 1.807) is 6.92 Å². The molecule has 1 aliphatic rings. The fraction of sp³-hybridized carbons (Fsp3) is 0.737. The number of carbonyl (C=O) groups excluding carboxylic acids is 3. The zero-order valence-corrected chi connectivity index (χ0v) is 18.1. The normalized spacial score (nSPS) is 14.4. The maximum absolute atomic E-state index is 12.1. The van der Waals surface area contributed by atoms with Crippen LogP contribution in [0.3, 0.4) is 0 Å². The lowest BCUT2D eigenvalue weighted by molar-refractivity contribution is -0.142. The maximum Gasteiger partial charge on any atom is 0.313 e. The first-order chi connectivity index (χ1) is 14.0. The molecule has 0 spiro atoms. The zero-order valence-electron chi connectivity index (χ0n) is 17.2. The van der Waals surface area contributed by atoms with Crippen LogP contribution in [0.5, 0.6) is 0 Å². The molecule has 10 heteroatoms. The first-order valence-electron chi connectivity index (χ1n) is 10.3. The van der Waals surface area contributed by atoms with Crippen molar-refractivity contribution in [3.63, 3.8) is 0 Å². The van der Waals surface area contributed by atoms with E-state index in [0.717, 1.165) is 32.1 Å². The molecule has 0 radical (unpaired) electrons. The van der Waals surface area contributed by atoms with Crippen LogP contribution in [0.25, 0.3) is 0 Å². The summed E-state index contributed by atoms with van der Waals surface area (Å²) in [5, 5.41) is 14.4. The van der Waals surface area contributed by atoms with E-state index >= 15 is 0 Å². The summed E-state index contributed by atoms with van der Waals surface area (Å²) in [6.45, 7) is 4.62. The van der Waals surface area contributed by atoms with E-state index in [2.05, 4.69) is 20.8 Å². The van der Waals surface area contributed by atoms with E-state index in [9.17, 15) is 14.4 Å². The highest BCUT2D eigenvalue weighted by Gasteiger charge is 2.25. The summed E-state index contributed by atoms with van der Waals surface area (Å²) in [6, 6.07) is 0.230. The number of ether oxygens (including phenoxy) is 1. The lowest BCUT2D eigenvalue weighted by Gasteiger charge is -2.25. The fourth-order valence-corrected chi connectivity index (χ4v) is 4.11. The topological polar surface area (TPSA) is 115 Å². The van der Waals surface area contributed by atoms with Crippen molar-refractivity contribution in [3.8, 4) is 0 Å². The zero-order chi connectivity index (χ0) is 21.1. The van der Waals surface area contributed by atoms with Gasteiger partial charge in [0.2, 0.25) is 11.8 Å². The number of hydrogen-bond donors (Lipinski definition) is 2. The van der Waals surface area contributed by atoms with Gasteiger partial charge in [-0.05, 0) is 26.2 Å². The van der Waals surface area contributed by atoms with E-state index < -0.39 is 0 Å². The number of esters is 1. The van der Waals surface area contributed by atoms with Gasteiger partial charge in [0.1, 0.15) is 12.2 Å². The lowest BCUT2D eigenvalue weighted by Crippen LogP contribution is -2.37. The summed E-state index contributed by atoms with van der Waals surface area (Å²) in [5.41, 5.74) is 0. The Hall–Kier alpha value is -2.10. The minimum atomic E-state index is -0.329. The largest absolute Gasteiger partial charge is 0.466 e. The van der Waals surface area contributed by atoms with Gasteiger partial charge in [0.15, 0.2) is 5.16 Å². The van der Waals surface area contributed by atoms with Gasteiger partial charge in [-0.1, -0.05) is 37.9 Å². The summed E-state index contributed by atoms with van der Waals surface area (Å²) < 4.78 is 7.05. The Morgan fingerprint density at radius 3 is 2.55 bits per heavy atom. The second-order valence-electron chi connectivity index (χ2n) is 6.96. The standard InChI is InChI=1S/C19H31N5O4S/c1-3-10-20-16(25)12-21-17(26)13-29-19-23-22-15(11-18(27)28-4-2)24(19)14-8-6-5-7-9-14/h14H,3-13H2,1-2H3,(H,20,25)(H,21,26). The maximum atomic E-state index is 12.1. The number of aromatic nitrogens is 3. The van der Waals surface area contributed by atoms with Gasteiger partial charge in [0.25, 0.3) is 0 Å². The number of amides is 2. The Balaban J connectivity index is 1.97. The second-order valence-corrected chi connectivity index (χ2v) is 7.90. The summed E-state index contributed by atoms with van der Waals surface area (Å²) in [7, 11) is 0. The number of carbonyl (C=O) groups is 3. The Morgan fingerprint density at radius 1 is 1.10 bits per heavy atom. The molecular formula is C19H31N5O4S. The van der Waals surface area contributed by atoms with Crippen molar-refractivity contribution < 1.29 is 19.1 Å². The smallest absolute Gasteiger partial charge is 0.313 e. The summed E-state index contributed by atoms with van der Waals surface area (Å²) >= 11 is 1.27. The Kier molecular flexibility index (Phi) is 9.96. The first-order valence-corrected chi connectivity index (χ1v) is 11.3. The van der Waals surface area contributed by atoms with Crippen LogP contribution in [-0.4, -0.2) is 58.0 Å². The van der Waals surface area contributed by atoms with Crippen molar-refractivity contribution in [1.82, 2.24) is 25.4 Å². The van der Waals surface area contributed by atoms with Crippen LogP contribution in [0.1, 0.15) is 64.2 Å². The molecule has 1 aromatic heterocycles. The predicted octanol–water partition coefficient (Wildman–Crippen LogP) is 1.62. The van der Waals surface area contributed by atoms with Crippen LogP contribution >= 0.6 is 11.8 Å². The second kappa shape index (κ2) is 12.5. The molecule has 2 N–H and O–H groups in total. The monoisotopic (exact) mass is 425 g/mol. The van der Waals surface area contributed by atoms with Gasteiger partial charge in [-0.15, -0.1) is 10.2 Å². The van der Waals surface area contributed by atoms with E-state index in [-0.39, 0.29) is 42.5 Å². The number of nitrogens with zero attached hydrogens (tertiary/aromatic N) is 3. The van der Waals surface area contributed by atoms with Gasteiger partial charge in [-0.3, -0.25) is 14.4 Å². The van der Waals surface area contributed by atoms with Crippen LogP contribution in [-0.2, 0) is 25.5 Å². The minimum absolute atomic E-state index is 0.0389. The van der Waals surface area contributed by atoms with Gasteiger partial charge in [-0.2, -0.15) is 0 Å². The van der Waals surface area contributed by atoms with E-state index in [4.69, 9.17) is 4.74 Å². The van der Waals surface area contributed by atoms with E-state index in [0.29, 0.717) is 24.1 Å². The van der Waals surface area contributed by atoms with Crippen molar-refractivity contribution in [2.75, 3.05) is 25.4 Å². The lowest BCUT2D eigenvalue weighted by atomic mass is 9.95. The van der Waals surface area contributed by atoms with Crippen LogP contribution in [0.2, 0.25) is 0 Å². The van der Waals surface area contributed by atoms with Crippen LogP contribution in [0.4, 0.5) is 0 Å². The van der Waals surface area contributed by atoms with Crippen molar-refractivity contribution in [1.29, 1.82) is 0 Å². The molecule has 1 fully saturated rings. The molecule has 1 aromatic rings. The Labute approximate surface area is 175 Å². The van der Waals surface area contributed by atoms with Crippen molar-refractivity contribution in [2.24, 2.45) is 0 Å². The summed E-state index contributed by atoms with van der Waals surface area (Å²) in [5.74, 6) is -0.0636. The number of rotatable bonds is 11. The van der Waals surface area contributed by atoms with Crippen molar-refractivity contribution in [2.45, 2.75) is 70.0 Å². The molecule has 0 saturated heterocycles. The molecule has 0 bridgehead atoms. The highest BCUT2D eigenvalue weighted by molar-refractivity contribution is 7.99. The van der Waals surface area contributed by atoms with Crippen LogP contribution in [0, 0.1) is 0 Å². The van der Waals surface area contributed by atoms with Crippen molar-refractivity contribution >= 4 is 29.5 Å². The van der Waals surface area contributed by atoms with Crippen LogP contribution < -0.4 is 10.6 Å². The predicted molar refractivity (Wildman–Crippen MR) is 110 cm³/mol. The highest BCUT2D eigenvalue weighted by Crippen LogP contribution is 2.32. The Bertz CT molecular complexity index is 688. The highest BCUT2D eigenvalue weighted by atomic mass is 32.2. The molecule has 2 amide bonds. The first kappa shape index (κ1) is 23.2. The molecule has 1 heterocycles. The van der Waals surface area contributed by atoms with Gasteiger partial charge < -0.3 is 19.9 Å². The van der Waals surface area contributed by atoms with Gasteiger partial charge in [0.05, 0.1) is 18.9 Å². The number of nitrogens with one attached hydrogen (secondary N) is 2. The summed E-state index contributed by atoms with van der Waals surface area (Å²) in [4.78, 5) is 35.6. The van der Waals surface area contributed by atoms with Crippen molar-refractivity contribution in [3.05, 3.63) is 5.82 Å². The molecule has 0 aromatic carbocycles. The molecular weight excluding hydrogens is 394 g/mol. The van der Waals surface area contributed by atoms with Gasteiger partial charge in [0, 0.05) is 12.6 Å². The van der Waals surface area contributed by atoms with Gasteiger partial charge in [-0.25, -0.2) is 0 Å². The third-order valence-corrected chi connectivity index (χ3v) is 5.58. The number of thioether (sulfide) groups is 1. The average molecular weight is 426 g/mol. The molecule has 29 heavy (non-hydrogen) atoms. The quantitative estimate of drug-likeness (QED) is 0.409. The minimum Gasteiger partial charge on any atom is -0.466 e. The van der Waals surface area contributed by atoms with E-state index in [1.165, 1.54) is 18.2 Å². The molecule has 1 aliphatic carbocycles. The SMILES string of the molecule is CCCNC(=O)CNC(=O)CSc1nnc(CC(=O)OCC)n1C1CCCCC1. The van der Waals surface area contributed by atoms with E-state index in [1.807, 2.05) is 11.5 Å². The summed E-state index contributed by atoms with van der Waals surface area (Å²) in [6.07, 6.45) is 6.38. The molecule has 0 aliphatic heterocycles. The molecule has 162 valence electrons. The number of hydrogen-bond acceptors (Lipinski definition) is 7. The Morgan fingerprint density at radius 2 is 1.86 bits per heavy atom. The third-order valence-electron chi connectivity index (χ3n) is 4.63. The molecule has 1 saturated carbocycles. The molecule has 2 rings (SSSR count).